The highest BCUT2D eigenvalue weighted by atomic mass is 35.5. The van der Waals surface area contributed by atoms with Crippen LogP contribution in [0.1, 0.15) is 40.0 Å². The number of alkyl halides is 1. The summed E-state index contributed by atoms with van der Waals surface area (Å²) in [5, 5.41) is 2.96. The third kappa shape index (κ3) is 3.99. The topological polar surface area (TPSA) is 38.3 Å². The molecular formula is C11H20ClNO2. The summed E-state index contributed by atoms with van der Waals surface area (Å²) in [6.07, 6.45) is 3.11. The standard InChI is InChI=1S/C11H20ClNO2/c1-10(2,3)15-7-9(14)13-11(8-12)5-4-6-11/h4-8H2,1-3H3,(H,13,14). The highest BCUT2D eigenvalue weighted by Crippen LogP contribution is 2.32. The number of carbonyl (C=O) groups excluding carboxylic acids is 1. The zero-order valence-corrected chi connectivity index (χ0v) is 10.5. The van der Waals surface area contributed by atoms with Crippen LogP contribution in [0, 0.1) is 0 Å². The third-order valence-electron chi connectivity index (χ3n) is 2.61. The minimum Gasteiger partial charge on any atom is -0.366 e. The molecule has 0 heterocycles. The predicted molar refractivity (Wildman–Crippen MR) is 61.1 cm³/mol. The first-order chi connectivity index (χ1) is 6.87. The predicted octanol–water partition coefficient (Wildman–Crippen LogP) is 2.08. The summed E-state index contributed by atoms with van der Waals surface area (Å²) in [4.78, 5) is 11.6. The van der Waals surface area contributed by atoms with E-state index < -0.39 is 0 Å². The molecule has 1 N–H and O–H groups in total. The van der Waals surface area contributed by atoms with Gasteiger partial charge < -0.3 is 10.1 Å². The van der Waals surface area contributed by atoms with Crippen LogP contribution < -0.4 is 5.32 Å². The molecule has 1 rings (SSSR count). The second-order valence-electron chi connectivity index (χ2n) is 5.22. The maximum absolute atomic E-state index is 11.6. The average Bonchev–Trinajstić information content (AvgIpc) is 2.07. The largest absolute Gasteiger partial charge is 0.366 e. The van der Waals surface area contributed by atoms with E-state index in [-0.39, 0.29) is 23.7 Å². The second kappa shape index (κ2) is 4.71. The summed E-state index contributed by atoms with van der Waals surface area (Å²) in [5.74, 6) is 0.430. The van der Waals surface area contributed by atoms with Crippen molar-refractivity contribution in [1.82, 2.24) is 5.32 Å². The van der Waals surface area contributed by atoms with E-state index in [1.165, 1.54) is 0 Å². The Bertz CT molecular complexity index is 226. The molecule has 0 bridgehead atoms. The fraction of sp³-hybridized carbons (Fsp3) is 0.909. The molecule has 0 aliphatic heterocycles. The quantitative estimate of drug-likeness (QED) is 0.756. The summed E-state index contributed by atoms with van der Waals surface area (Å²) in [6.45, 7) is 5.91. The Morgan fingerprint density at radius 1 is 1.47 bits per heavy atom. The molecule has 1 aliphatic rings. The van der Waals surface area contributed by atoms with Crippen LogP contribution in [0.2, 0.25) is 0 Å². The Labute approximate surface area is 96.5 Å². The highest BCUT2D eigenvalue weighted by Gasteiger charge is 2.37. The number of rotatable bonds is 4. The van der Waals surface area contributed by atoms with Crippen LogP contribution >= 0.6 is 11.6 Å². The van der Waals surface area contributed by atoms with Crippen molar-refractivity contribution in [2.75, 3.05) is 12.5 Å². The number of nitrogens with one attached hydrogen (secondary N) is 1. The van der Waals surface area contributed by atoms with Gasteiger partial charge in [-0.25, -0.2) is 0 Å². The van der Waals surface area contributed by atoms with Gasteiger partial charge in [-0.3, -0.25) is 4.79 Å². The van der Waals surface area contributed by atoms with Crippen LogP contribution in [0.25, 0.3) is 0 Å². The molecule has 0 aromatic heterocycles. The van der Waals surface area contributed by atoms with E-state index in [9.17, 15) is 4.79 Å². The van der Waals surface area contributed by atoms with Crippen LogP contribution in [0.4, 0.5) is 0 Å². The van der Waals surface area contributed by atoms with Gasteiger partial charge in [-0.2, -0.15) is 0 Å². The number of carbonyl (C=O) groups is 1. The van der Waals surface area contributed by atoms with Gasteiger partial charge in [0.2, 0.25) is 5.91 Å². The van der Waals surface area contributed by atoms with Crippen molar-refractivity contribution in [1.29, 1.82) is 0 Å². The SMILES string of the molecule is CC(C)(C)OCC(=O)NC1(CCl)CCC1. The lowest BCUT2D eigenvalue weighted by Crippen LogP contribution is -2.56. The number of amides is 1. The number of hydrogen-bond donors (Lipinski definition) is 1. The molecule has 3 nitrogen and oxygen atoms in total. The second-order valence-corrected chi connectivity index (χ2v) is 5.48. The van der Waals surface area contributed by atoms with Crippen molar-refractivity contribution < 1.29 is 9.53 Å². The first-order valence-corrected chi connectivity index (χ1v) is 5.91. The van der Waals surface area contributed by atoms with Gasteiger partial charge in [0, 0.05) is 5.88 Å². The monoisotopic (exact) mass is 233 g/mol. The van der Waals surface area contributed by atoms with Gasteiger partial charge in [0.05, 0.1) is 11.1 Å². The van der Waals surface area contributed by atoms with E-state index in [0.717, 1.165) is 19.3 Å². The zero-order chi connectivity index (χ0) is 11.5. The van der Waals surface area contributed by atoms with Gasteiger partial charge in [-0.15, -0.1) is 11.6 Å². The van der Waals surface area contributed by atoms with Crippen LogP contribution in [-0.4, -0.2) is 29.5 Å². The minimum absolute atomic E-state index is 0.0646. The van der Waals surface area contributed by atoms with Crippen molar-refractivity contribution in [2.24, 2.45) is 0 Å². The molecular weight excluding hydrogens is 214 g/mol. The molecule has 0 aromatic rings. The average molecular weight is 234 g/mol. The van der Waals surface area contributed by atoms with E-state index in [1.807, 2.05) is 20.8 Å². The lowest BCUT2D eigenvalue weighted by atomic mass is 9.78. The van der Waals surface area contributed by atoms with Gasteiger partial charge in [0.15, 0.2) is 0 Å². The molecule has 15 heavy (non-hydrogen) atoms. The minimum atomic E-state index is -0.273. The van der Waals surface area contributed by atoms with Crippen molar-refractivity contribution >= 4 is 17.5 Å². The molecule has 0 spiro atoms. The molecule has 0 atom stereocenters. The first kappa shape index (κ1) is 12.8. The Balaban J connectivity index is 2.29. The maximum Gasteiger partial charge on any atom is 0.246 e. The number of hydrogen-bond acceptors (Lipinski definition) is 2. The molecule has 0 radical (unpaired) electrons. The number of halogens is 1. The molecule has 0 aromatic carbocycles. The van der Waals surface area contributed by atoms with Crippen LogP contribution in [0.5, 0.6) is 0 Å². The first-order valence-electron chi connectivity index (χ1n) is 5.38. The summed E-state index contributed by atoms with van der Waals surface area (Å²) in [6, 6.07) is 0. The zero-order valence-electron chi connectivity index (χ0n) is 9.73. The summed E-state index contributed by atoms with van der Waals surface area (Å²) in [5.41, 5.74) is -0.426. The summed E-state index contributed by atoms with van der Waals surface area (Å²) >= 11 is 5.84. The van der Waals surface area contributed by atoms with E-state index >= 15 is 0 Å². The molecule has 0 unspecified atom stereocenters. The smallest absolute Gasteiger partial charge is 0.246 e. The molecule has 0 saturated heterocycles. The molecule has 4 heteroatoms. The normalized spacial score (nSPS) is 19.5. The lowest BCUT2D eigenvalue weighted by Gasteiger charge is -2.41. The summed E-state index contributed by atoms with van der Waals surface area (Å²) < 4.78 is 5.39. The van der Waals surface area contributed by atoms with Crippen molar-refractivity contribution in [3.05, 3.63) is 0 Å². The summed E-state index contributed by atoms with van der Waals surface area (Å²) in [7, 11) is 0. The van der Waals surface area contributed by atoms with E-state index in [4.69, 9.17) is 16.3 Å². The van der Waals surface area contributed by atoms with Crippen LogP contribution in [-0.2, 0) is 9.53 Å². The molecule has 1 amide bonds. The van der Waals surface area contributed by atoms with Crippen LogP contribution in [0.15, 0.2) is 0 Å². The van der Waals surface area contributed by atoms with Gasteiger partial charge in [-0.1, -0.05) is 0 Å². The van der Waals surface area contributed by atoms with Gasteiger partial charge in [0.25, 0.3) is 0 Å². The van der Waals surface area contributed by atoms with E-state index in [2.05, 4.69) is 5.32 Å². The molecule has 1 saturated carbocycles. The van der Waals surface area contributed by atoms with Crippen molar-refractivity contribution in [3.8, 4) is 0 Å². The van der Waals surface area contributed by atoms with Gasteiger partial charge in [-0.05, 0) is 40.0 Å². The molecule has 1 aliphatic carbocycles. The Morgan fingerprint density at radius 3 is 2.40 bits per heavy atom. The Hall–Kier alpha value is -0.280. The third-order valence-corrected chi connectivity index (χ3v) is 3.12. The Kier molecular flexibility index (Phi) is 4.01. The van der Waals surface area contributed by atoms with Crippen LogP contribution in [0.3, 0.4) is 0 Å². The lowest BCUT2D eigenvalue weighted by molar-refractivity contribution is -0.133. The van der Waals surface area contributed by atoms with Crippen molar-refractivity contribution in [2.45, 2.75) is 51.2 Å². The van der Waals surface area contributed by atoms with Gasteiger partial charge in [0.1, 0.15) is 6.61 Å². The Morgan fingerprint density at radius 2 is 2.07 bits per heavy atom. The number of ether oxygens (including phenoxy) is 1. The fourth-order valence-corrected chi connectivity index (χ4v) is 1.84. The van der Waals surface area contributed by atoms with E-state index in [0.29, 0.717) is 5.88 Å². The highest BCUT2D eigenvalue weighted by molar-refractivity contribution is 6.18. The maximum atomic E-state index is 11.6. The van der Waals surface area contributed by atoms with E-state index in [1.54, 1.807) is 0 Å². The van der Waals surface area contributed by atoms with Crippen molar-refractivity contribution in [3.63, 3.8) is 0 Å². The molecule has 88 valence electrons. The fourth-order valence-electron chi connectivity index (χ4n) is 1.51. The molecule has 1 fully saturated rings. The van der Waals surface area contributed by atoms with Gasteiger partial charge >= 0.3 is 0 Å².